The molecule has 1 fully saturated rings. The van der Waals surface area contributed by atoms with Gasteiger partial charge in [0.1, 0.15) is 0 Å². The Hall–Kier alpha value is -3.54. The predicted octanol–water partition coefficient (Wildman–Crippen LogP) is 4.13. The summed E-state index contributed by atoms with van der Waals surface area (Å²) >= 11 is 0. The van der Waals surface area contributed by atoms with E-state index in [1.165, 1.54) is 0 Å². The Kier molecular flexibility index (Phi) is 7.13. The number of pyridine rings is 2. The Bertz CT molecular complexity index is 1070. The minimum absolute atomic E-state index is 0.0336. The summed E-state index contributed by atoms with van der Waals surface area (Å²) < 4.78 is 0. The van der Waals surface area contributed by atoms with E-state index < -0.39 is 5.41 Å². The molecule has 170 valence electrons. The van der Waals surface area contributed by atoms with Crippen LogP contribution in [-0.2, 0) is 11.2 Å². The lowest BCUT2D eigenvalue weighted by molar-refractivity contribution is -0.133. The van der Waals surface area contributed by atoms with Gasteiger partial charge in [-0.15, -0.1) is 0 Å². The molecule has 1 aliphatic rings. The maximum atomic E-state index is 13.4. The van der Waals surface area contributed by atoms with Gasteiger partial charge in [-0.05, 0) is 66.6 Å². The quantitative estimate of drug-likeness (QED) is 0.597. The van der Waals surface area contributed by atoms with Crippen molar-refractivity contribution in [1.29, 1.82) is 0 Å². The first-order valence-electron chi connectivity index (χ1n) is 11.6. The molecule has 3 aromatic rings. The van der Waals surface area contributed by atoms with Crippen LogP contribution in [0.2, 0.25) is 0 Å². The van der Waals surface area contributed by atoms with Gasteiger partial charge in [0.05, 0.1) is 11.0 Å². The van der Waals surface area contributed by atoms with Gasteiger partial charge in [0.2, 0.25) is 5.91 Å². The Balaban J connectivity index is 1.58. The van der Waals surface area contributed by atoms with Gasteiger partial charge in [-0.25, -0.2) is 0 Å². The van der Waals surface area contributed by atoms with Crippen LogP contribution in [0.1, 0.15) is 42.1 Å². The third-order valence-corrected chi connectivity index (χ3v) is 6.30. The van der Waals surface area contributed by atoms with Gasteiger partial charge in [-0.3, -0.25) is 19.6 Å². The highest BCUT2D eigenvalue weighted by atomic mass is 16.2. The number of nitrogens with zero attached hydrogens (tertiary/aromatic N) is 3. The fourth-order valence-electron chi connectivity index (χ4n) is 4.56. The van der Waals surface area contributed by atoms with Crippen LogP contribution in [0.15, 0.2) is 73.3 Å². The molecular weight excluding hydrogens is 412 g/mol. The van der Waals surface area contributed by atoms with E-state index in [0.29, 0.717) is 31.6 Å². The van der Waals surface area contributed by atoms with Crippen LogP contribution < -0.4 is 5.32 Å². The number of hydrogen-bond donors (Lipinski definition) is 1. The molecule has 0 spiro atoms. The van der Waals surface area contributed by atoms with E-state index in [9.17, 15) is 9.59 Å². The van der Waals surface area contributed by atoms with Crippen LogP contribution in [0.25, 0.3) is 11.1 Å². The van der Waals surface area contributed by atoms with E-state index in [-0.39, 0.29) is 11.8 Å². The van der Waals surface area contributed by atoms with E-state index in [1.807, 2.05) is 24.0 Å². The Morgan fingerprint density at radius 1 is 1.00 bits per heavy atom. The summed E-state index contributed by atoms with van der Waals surface area (Å²) in [5.41, 5.74) is 3.23. The van der Waals surface area contributed by atoms with Crippen LogP contribution in [0.5, 0.6) is 0 Å². The number of rotatable bonds is 7. The van der Waals surface area contributed by atoms with Crippen molar-refractivity contribution >= 4 is 11.8 Å². The molecule has 0 aliphatic carbocycles. The second kappa shape index (κ2) is 10.4. The van der Waals surface area contributed by atoms with Crippen molar-refractivity contribution in [3.63, 3.8) is 0 Å². The molecule has 6 nitrogen and oxygen atoms in total. The van der Waals surface area contributed by atoms with Gasteiger partial charge in [-0.1, -0.05) is 31.2 Å². The second-order valence-corrected chi connectivity index (χ2v) is 8.72. The smallest absolute Gasteiger partial charge is 0.255 e. The van der Waals surface area contributed by atoms with Crippen molar-refractivity contribution < 1.29 is 9.59 Å². The lowest BCUT2D eigenvalue weighted by Crippen LogP contribution is -2.54. The molecule has 0 unspecified atom stereocenters. The molecule has 1 aliphatic heterocycles. The highest BCUT2D eigenvalue weighted by Gasteiger charge is 2.43. The first-order valence-corrected chi connectivity index (χ1v) is 11.6. The number of carbonyl (C=O) groups is 2. The molecule has 0 saturated carbocycles. The lowest BCUT2D eigenvalue weighted by atomic mass is 9.74. The summed E-state index contributed by atoms with van der Waals surface area (Å²) in [6.07, 6.45) is 9.83. The van der Waals surface area contributed by atoms with Crippen molar-refractivity contribution in [2.24, 2.45) is 5.41 Å². The van der Waals surface area contributed by atoms with Gasteiger partial charge in [0.15, 0.2) is 0 Å². The number of carbonyl (C=O) groups excluding carboxylic acids is 2. The average molecular weight is 443 g/mol. The van der Waals surface area contributed by atoms with E-state index >= 15 is 0 Å². The summed E-state index contributed by atoms with van der Waals surface area (Å²) in [4.78, 5) is 36.5. The summed E-state index contributed by atoms with van der Waals surface area (Å²) in [5, 5.41) is 3.10. The third-order valence-electron chi connectivity index (χ3n) is 6.30. The van der Waals surface area contributed by atoms with E-state index in [1.54, 1.807) is 36.9 Å². The number of aromatic nitrogens is 2. The second-order valence-electron chi connectivity index (χ2n) is 8.72. The molecule has 4 rings (SSSR count). The van der Waals surface area contributed by atoms with Gasteiger partial charge in [-0.2, -0.15) is 0 Å². The number of hydrogen-bond acceptors (Lipinski definition) is 4. The minimum Gasteiger partial charge on any atom is -0.356 e. The molecule has 2 amide bonds. The molecule has 0 bridgehead atoms. The van der Waals surface area contributed by atoms with Crippen molar-refractivity contribution in [2.45, 2.75) is 32.6 Å². The molecule has 3 heterocycles. The molecular formula is C27H30N4O2. The van der Waals surface area contributed by atoms with Gasteiger partial charge in [0, 0.05) is 44.4 Å². The highest BCUT2D eigenvalue weighted by Crippen LogP contribution is 2.35. The molecule has 33 heavy (non-hydrogen) atoms. The van der Waals surface area contributed by atoms with E-state index in [4.69, 9.17) is 0 Å². The summed E-state index contributed by atoms with van der Waals surface area (Å²) in [7, 11) is 0. The van der Waals surface area contributed by atoms with Crippen LogP contribution in [-0.4, -0.2) is 46.3 Å². The fourth-order valence-corrected chi connectivity index (χ4v) is 4.56. The van der Waals surface area contributed by atoms with E-state index in [0.717, 1.165) is 36.0 Å². The fraction of sp³-hybridized carbons (Fsp3) is 0.333. The van der Waals surface area contributed by atoms with Crippen LogP contribution in [0.3, 0.4) is 0 Å². The minimum atomic E-state index is -0.649. The number of nitrogens with one attached hydrogen (secondary N) is 1. The topological polar surface area (TPSA) is 75.2 Å². The van der Waals surface area contributed by atoms with Crippen LogP contribution in [0, 0.1) is 5.41 Å². The summed E-state index contributed by atoms with van der Waals surface area (Å²) in [6.45, 7) is 3.74. The Morgan fingerprint density at radius 3 is 2.45 bits per heavy atom. The Labute approximate surface area is 195 Å². The van der Waals surface area contributed by atoms with Gasteiger partial charge in [0.25, 0.3) is 5.91 Å². The molecule has 1 aromatic carbocycles. The monoisotopic (exact) mass is 442 g/mol. The van der Waals surface area contributed by atoms with Crippen molar-refractivity contribution in [3.8, 4) is 11.1 Å². The average Bonchev–Trinajstić information content (AvgIpc) is 2.88. The highest BCUT2D eigenvalue weighted by molar-refractivity contribution is 5.94. The summed E-state index contributed by atoms with van der Waals surface area (Å²) in [5.74, 6) is -0.0326. The number of benzene rings is 1. The molecule has 6 heteroatoms. The number of piperidine rings is 1. The zero-order valence-corrected chi connectivity index (χ0v) is 19.0. The van der Waals surface area contributed by atoms with Crippen molar-refractivity contribution in [2.75, 3.05) is 19.6 Å². The first kappa shape index (κ1) is 22.6. The van der Waals surface area contributed by atoms with Crippen LogP contribution in [0.4, 0.5) is 0 Å². The van der Waals surface area contributed by atoms with Crippen molar-refractivity contribution in [1.82, 2.24) is 20.2 Å². The van der Waals surface area contributed by atoms with Crippen molar-refractivity contribution in [3.05, 3.63) is 84.4 Å². The molecule has 1 saturated heterocycles. The standard InChI is InChI=1S/C27H30N4O2/c1-2-13-30-26(33)27(12-4-17-31(20-27)25(32)24-5-3-14-29-19-24)18-21-6-8-22(9-7-21)23-10-15-28-16-11-23/h3,5-11,14-16,19H,2,4,12-13,17-18,20H2,1H3,(H,30,33)/t27-/m0/s1. The van der Waals surface area contributed by atoms with Crippen LogP contribution >= 0.6 is 0 Å². The SMILES string of the molecule is CCCNC(=O)[C@]1(Cc2ccc(-c3ccncc3)cc2)CCCN(C(=O)c2cccnc2)C1. The molecule has 0 radical (unpaired) electrons. The maximum Gasteiger partial charge on any atom is 0.255 e. The van der Waals surface area contributed by atoms with Gasteiger partial charge < -0.3 is 10.2 Å². The zero-order valence-electron chi connectivity index (χ0n) is 19.0. The lowest BCUT2D eigenvalue weighted by Gasteiger charge is -2.42. The van der Waals surface area contributed by atoms with E-state index in [2.05, 4.69) is 39.6 Å². The van der Waals surface area contributed by atoms with Gasteiger partial charge >= 0.3 is 0 Å². The zero-order chi connectivity index (χ0) is 23.1. The molecule has 2 aromatic heterocycles. The number of likely N-dealkylation sites (tertiary alicyclic amines) is 1. The first-order chi connectivity index (χ1) is 16.1. The normalized spacial score (nSPS) is 18.0. The predicted molar refractivity (Wildman–Crippen MR) is 128 cm³/mol. The molecule has 1 atom stereocenters. The molecule has 1 N–H and O–H groups in total. The summed E-state index contributed by atoms with van der Waals surface area (Å²) in [6, 6.07) is 15.9. The third kappa shape index (κ3) is 5.28. The maximum absolute atomic E-state index is 13.4. The number of amides is 2. The largest absolute Gasteiger partial charge is 0.356 e. The Morgan fingerprint density at radius 2 is 1.76 bits per heavy atom.